The summed E-state index contributed by atoms with van der Waals surface area (Å²) < 4.78 is 5.30. The van der Waals surface area contributed by atoms with Gasteiger partial charge in [0.2, 0.25) is 0 Å². The van der Waals surface area contributed by atoms with Gasteiger partial charge >= 0.3 is 6.03 Å². The lowest BCUT2D eigenvalue weighted by Gasteiger charge is -2.45. The third-order valence-electron chi connectivity index (χ3n) is 7.72. The number of methoxy groups -OCH3 is 1. The number of piperidine rings is 1. The maximum atomic E-state index is 13.4. The van der Waals surface area contributed by atoms with Gasteiger partial charge in [-0.3, -0.25) is 4.90 Å². The molecule has 0 unspecified atom stereocenters. The fourth-order valence-corrected chi connectivity index (χ4v) is 5.48. The van der Waals surface area contributed by atoms with E-state index in [2.05, 4.69) is 76.9 Å². The van der Waals surface area contributed by atoms with E-state index < -0.39 is 5.54 Å². The molecule has 1 N–H and O–H groups in total. The van der Waals surface area contributed by atoms with Gasteiger partial charge in [-0.1, -0.05) is 72.8 Å². The highest BCUT2D eigenvalue weighted by molar-refractivity contribution is 5.84. The minimum absolute atomic E-state index is 0.231. The number of rotatable bonds is 9. The van der Waals surface area contributed by atoms with E-state index in [0.29, 0.717) is 32.5 Å². The number of carbonyl (C=O) groups excluding carboxylic acids is 2. The number of benzene rings is 4. The molecule has 38 heavy (non-hydrogen) atoms. The van der Waals surface area contributed by atoms with Crippen LogP contribution in [-0.2, 0) is 22.6 Å². The summed E-state index contributed by atoms with van der Waals surface area (Å²) in [6.07, 6.45) is 2.17. The molecule has 0 spiro atoms. The number of likely N-dealkylation sites (tertiary alicyclic amines) is 1. The molecule has 0 saturated carbocycles. The number of amides is 2. The number of fused-ring (bicyclic) bond motifs is 2. The summed E-state index contributed by atoms with van der Waals surface area (Å²) in [4.78, 5) is 30.0. The molecule has 1 aliphatic heterocycles. The second kappa shape index (κ2) is 11.8. The summed E-state index contributed by atoms with van der Waals surface area (Å²) >= 11 is 0. The molecule has 0 aromatic heterocycles. The van der Waals surface area contributed by atoms with Gasteiger partial charge in [-0.05, 0) is 57.6 Å². The van der Waals surface area contributed by atoms with Crippen molar-refractivity contribution < 1.29 is 14.3 Å². The Bertz CT molecular complexity index is 1410. The van der Waals surface area contributed by atoms with E-state index in [1.165, 1.54) is 21.7 Å². The Balaban J connectivity index is 1.24. The quantitative estimate of drug-likeness (QED) is 0.308. The van der Waals surface area contributed by atoms with E-state index in [1.807, 2.05) is 18.2 Å². The molecule has 4 aromatic rings. The van der Waals surface area contributed by atoms with Crippen LogP contribution in [0.4, 0.5) is 4.79 Å². The van der Waals surface area contributed by atoms with E-state index in [0.717, 1.165) is 36.9 Å². The smallest absolute Gasteiger partial charge is 0.318 e. The molecule has 6 heteroatoms. The lowest BCUT2D eigenvalue weighted by molar-refractivity contribution is -0.120. The molecule has 6 nitrogen and oxygen atoms in total. The molecule has 196 valence electrons. The number of ether oxygens (including phenoxy) is 1. The highest BCUT2D eigenvalue weighted by Crippen LogP contribution is 2.29. The summed E-state index contributed by atoms with van der Waals surface area (Å²) in [6, 6.07) is 29.1. The fourth-order valence-electron chi connectivity index (χ4n) is 5.48. The lowest BCUT2D eigenvalue weighted by atomic mass is 9.86. The highest BCUT2D eigenvalue weighted by atomic mass is 16.5. The fraction of sp³-hybridized carbons (Fsp3) is 0.312. The van der Waals surface area contributed by atoms with Gasteiger partial charge < -0.3 is 19.7 Å². The molecular formula is C32H35N3O3. The molecular weight excluding hydrogens is 474 g/mol. The van der Waals surface area contributed by atoms with Crippen LogP contribution in [0.2, 0.25) is 0 Å². The number of nitrogens with one attached hydrogen (secondary N) is 1. The van der Waals surface area contributed by atoms with E-state index >= 15 is 0 Å². The zero-order chi connectivity index (χ0) is 26.4. The molecule has 1 aliphatic rings. The van der Waals surface area contributed by atoms with Crippen LogP contribution in [-0.4, -0.2) is 61.0 Å². The van der Waals surface area contributed by atoms with Gasteiger partial charge in [0.1, 0.15) is 11.8 Å². The summed E-state index contributed by atoms with van der Waals surface area (Å²) in [6.45, 7) is 3.45. The molecule has 0 bridgehead atoms. The summed E-state index contributed by atoms with van der Waals surface area (Å²) in [5.74, 6) is 0. The zero-order valence-electron chi connectivity index (χ0n) is 21.9. The predicted molar refractivity (Wildman–Crippen MR) is 152 cm³/mol. The molecule has 2 amide bonds. The van der Waals surface area contributed by atoms with Crippen LogP contribution >= 0.6 is 0 Å². The SMILES string of the molecule is COCCN(C(=O)NCc1ccc2ccccc2c1)C1(C=O)CCN(Cc2ccc3ccccc3c2)CC1. The van der Waals surface area contributed by atoms with Gasteiger partial charge in [0.05, 0.1) is 6.61 Å². The van der Waals surface area contributed by atoms with Gasteiger partial charge in [0.15, 0.2) is 0 Å². The maximum Gasteiger partial charge on any atom is 0.318 e. The Morgan fingerprint density at radius 1 is 0.895 bits per heavy atom. The molecule has 1 fully saturated rings. The number of carbonyl (C=O) groups is 2. The van der Waals surface area contributed by atoms with E-state index in [-0.39, 0.29) is 6.03 Å². The number of aldehydes is 1. The lowest BCUT2D eigenvalue weighted by Crippen LogP contribution is -2.61. The monoisotopic (exact) mass is 509 g/mol. The first-order valence-corrected chi connectivity index (χ1v) is 13.3. The highest BCUT2D eigenvalue weighted by Gasteiger charge is 2.42. The van der Waals surface area contributed by atoms with Gasteiger partial charge in [0.25, 0.3) is 0 Å². The summed E-state index contributed by atoms with van der Waals surface area (Å²) in [5.41, 5.74) is 1.44. The first kappa shape index (κ1) is 25.9. The Labute approximate surface area is 224 Å². The van der Waals surface area contributed by atoms with Crippen molar-refractivity contribution in [2.24, 2.45) is 0 Å². The van der Waals surface area contributed by atoms with Gasteiger partial charge in [-0.15, -0.1) is 0 Å². The van der Waals surface area contributed by atoms with Crippen LogP contribution < -0.4 is 5.32 Å². The minimum Gasteiger partial charge on any atom is -0.383 e. The number of hydrogen-bond acceptors (Lipinski definition) is 4. The Kier molecular flexibility index (Phi) is 8.01. The van der Waals surface area contributed by atoms with Crippen molar-refractivity contribution in [3.05, 3.63) is 96.1 Å². The third-order valence-corrected chi connectivity index (χ3v) is 7.72. The molecule has 4 aromatic carbocycles. The normalized spacial score (nSPS) is 15.4. The van der Waals surface area contributed by atoms with Crippen LogP contribution in [0, 0.1) is 0 Å². The summed E-state index contributed by atoms with van der Waals surface area (Å²) in [5, 5.41) is 7.83. The number of hydrogen-bond donors (Lipinski definition) is 1. The number of urea groups is 1. The van der Waals surface area contributed by atoms with Crippen molar-refractivity contribution in [1.29, 1.82) is 0 Å². The predicted octanol–water partition coefficient (Wildman–Crippen LogP) is 5.38. The topological polar surface area (TPSA) is 61.9 Å². The number of nitrogens with zero attached hydrogens (tertiary/aromatic N) is 2. The van der Waals surface area contributed by atoms with Gasteiger partial charge in [0, 0.05) is 39.8 Å². The minimum atomic E-state index is -0.841. The van der Waals surface area contributed by atoms with E-state index in [4.69, 9.17) is 4.74 Å². The third kappa shape index (κ3) is 5.72. The Hall–Kier alpha value is -3.74. The standard InChI is InChI=1S/C32H35N3O3/c1-38-19-18-35(31(37)33-22-25-10-12-27-6-2-4-8-29(27)20-25)32(24-36)14-16-34(17-15-32)23-26-11-13-28-7-3-5-9-30(28)21-26/h2-13,20-21,24H,14-19,22-23H2,1H3,(H,33,37). The van der Waals surface area contributed by atoms with E-state index in [9.17, 15) is 9.59 Å². The van der Waals surface area contributed by atoms with Gasteiger partial charge in [-0.25, -0.2) is 4.79 Å². The maximum absolute atomic E-state index is 13.4. The van der Waals surface area contributed by atoms with Crippen LogP contribution in [0.5, 0.6) is 0 Å². The Morgan fingerprint density at radius 2 is 1.47 bits per heavy atom. The van der Waals surface area contributed by atoms with Gasteiger partial charge in [-0.2, -0.15) is 0 Å². The van der Waals surface area contributed by atoms with Crippen molar-refractivity contribution in [3.63, 3.8) is 0 Å². The van der Waals surface area contributed by atoms with Crippen LogP contribution in [0.25, 0.3) is 21.5 Å². The zero-order valence-corrected chi connectivity index (χ0v) is 21.9. The molecule has 0 aliphatic carbocycles. The molecule has 1 saturated heterocycles. The average Bonchev–Trinajstić information content (AvgIpc) is 2.97. The second-order valence-corrected chi connectivity index (χ2v) is 10.2. The molecule has 1 heterocycles. The first-order chi connectivity index (χ1) is 18.6. The van der Waals surface area contributed by atoms with E-state index in [1.54, 1.807) is 12.0 Å². The first-order valence-electron chi connectivity index (χ1n) is 13.3. The molecule has 0 radical (unpaired) electrons. The second-order valence-electron chi connectivity index (χ2n) is 10.2. The Morgan fingerprint density at radius 3 is 2.08 bits per heavy atom. The van der Waals surface area contributed by atoms with Crippen molar-refractivity contribution in [1.82, 2.24) is 15.1 Å². The molecule has 5 rings (SSSR count). The van der Waals surface area contributed by atoms with Crippen molar-refractivity contribution in [2.75, 3.05) is 33.4 Å². The van der Waals surface area contributed by atoms with Crippen LogP contribution in [0.15, 0.2) is 84.9 Å². The summed E-state index contributed by atoms with van der Waals surface area (Å²) in [7, 11) is 1.62. The largest absolute Gasteiger partial charge is 0.383 e. The molecule has 0 atom stereocenters. The average molecular weight is 510 g/mol. The van der Waals surface area contributed by atoms with Crippen LogP contribution in [0.3, 0.4) is 0 Å². The van der Waals surface area contributed by atoms with Crippen molar-refractivity contribution in [3.8, 4) is 0 Å². The van der Waals surface area contributed by atoms with Crippen molar-refractivity contribution >= 4 is 33.9 Å². The van der Waals surface area contributed by atoms with Crippen LogP contribution in [0.1, 0.15) is 24.0 Å². The van der Waals surface area contributed by atoms with Crippen molar-refractivity contribution in [2.45, 2.75) is 31.5 Å².